The summed E-state index contributed by atoms with van der Waals surface area (Å²) in [7, 11) is -3.64. The number of halogens is 1. The quantitative estimate of drug-likeness (QED) is 0.881. The van der Waals surface area contributed by atoms with Gasteiger partial charge >= 0.3 is 10.2 Å². The van der Waals surface area contributed by atoms with Crippen molar-refractivity contribution in [2.45, 2.75) is 19.8 Å². The van der Waals surface area contributed by atoms with E-state index in [1.165, 1.54) is 22.5 Å². The first kappa shape index (κ1) is 16.1. The number of hydrogen-bond acceptors (Lipinski definition) is 3. The fourth-order valence-corrected chi connectivity index (χ4v) is 3.94. The molecule has 0 aliphatic carbocycles. The number of carbonyl (C=O) groups is 1. The number of amides is 1. The van der Waals surface area contributed by atoms with Crippen LogP contribution in [0.15, 0.2) is 18.2 Å². The normalized spacial score (nSPS) is 20.2. The van der Waals surface area contributed by atoms with Crippen molar-refractivity contribution in [3.05, 3.63) is 28.8 Å². The number of piperidine rings is 1. The predicted octanol–water partition coefficient (Wildman–Crippen LogP) is 1.83. The van der Waals surface area contributed by atoms with Gasteiger partial charge in [0.2, 0.25) is 5.91 Å². The van der Waals surface area contributed by atoms with Crippen LogP contribution in [0.4, 0.5) is 5.69 Å². The molecule has 0 radical (unpaired) electrons. The van der Waals surface area contributed by atoms with Gasteiger partial charge in [-0.1, -0.05) is 18.5 Å². The van der Waals surface area contributed by atoms with E-state index < -0.39 is 16.1 Å². The summed E-state index contributed by atoms with van der Waals surface area (Å²) in [6, 6.07) is 4.29. The molecule has 1 fully saturated rings. The number of rotatable bonds is 4. The molecule has 0 bridgehead atoms. The van der Waals surface area contributed by atoms with E-state index >= 15 is 0 Å². The summed E-state index contributed by atoms with van der Waals surface area (Å²) in [5.74, 6) is -0.366. The molecule has 21 heavy (non-hydrogen) atoms. The van der Waals surface area contributed by atoms with Crippen molar-refractivity contribution in [3.8, 4) is 0 Å². The van der Waals surface area contributed by atoms with Gasteiger partial charge in [-0.25, -0.2) is 0 Å². The van der Waals surface area contributed by atoms with Crippen LogP contribution < -0.4 is 10.5 Å². The lowest BCUT2D eigenvalue weighted by molar-refractivity contribution is 0.100. The Morgan fingerprint density at radius 1 is 1.48 bits per heavy atom. The number of hydrogen-bond donors (Lipinski definition) is 2. The molecule has 116 valence electrons. The number of nitrogens with zero attached hydrogens (tertiary/aromatic N) is 1. The Labute approximate surface area is 129 Å². The van der Waals surface area contributed by atoms with Crippen molar-refractivity contribution in [3.63, 3.8) is 0 Å². The third-order valence-electron chi connectivity index (χ3n) is 3.44. The second-order valence-electron chi connectivity index (χ2n) is 5.27. The highest BCUT2D eigenvalue weighted by Gasteiger charge is 2.27. The molecular formula is C13H18ClN3O3S. The van der Waals surface area contributed by atoms with E-state index in [4.69, 9.17) is 17.3 Å². The van der Waals surface area contributed by atoms with Crippen LogP contribution in [0.1, 0.15) is 30.1 Å². The maximum absolute atomic E-state index is 12.3. The largest absolute Gasteiger partial charge is 0.366 e. The van der Waals surface area contributed by atoms with Crippen LogP contribution in [0.3, 0.4) is 0 Å². The molecule has 6 nitrogen and oxygen atoms in total. The molecule has 1 heterocycles. The monoisotopic (exact) mass is 331 g/mol. The molecule has 8 heteroatoms. The number of carbonyl (C=O) groups excluding carboxylic acids is 1. The van der Waals surface area contributed by atoms with Gasteiger partial charge in [0.1, 0.15) is 0 Å². The molecule has 1 aromatic carbocycles. The summed E-state index contributed by atoms with van der Waals surface area (Å²) in [5, 5.41) is 0.192. The highest BCUT2D eigenvalue weighted by Crippen LogP contribution is 2.23. The van der Waals surface area contributed by atoms with Gasteiger partial charge in [0.15, 0.2) is 0 Å². The summed E-state index contributed by atoms with van der Waals surface area (Å²) >= 11 is 5.84. The van der Waals surface area contributed by atoms with Crippen LogP contribution in [0.5, 0.6) is 0 Å². The van der Waals surface area contributed by atoms with Gasteiger partial charge in [-0.2, -0.15) is 12.7 Å². The van der Waals surface area contributed by atoms with Gasteiger partial charge in [-0.3, -0.25) is 9.52 Å². The van der Waals surface area contributed by atoms with E-state index in [9.17, 15) is 13.2 Å². The summed E-state index contributed by atoms with van der Waals surface area (Å²) in [5.41, 5.74) is 5.55. The van der Waals surface area contributed by atoms with E-state index in [-0.39, 0.29) is 16.3 Å². The lowest BCUT2D eigenvalue weighted by atomic mass is 10.0. The number of nitrogens with one attached hydrogen (secondary N) is 1. The van der Waals surface area contributed by atoms with Crippen molar-refractivity contribution >= 4 is 33.4 Å². The minimum Gasteiger partial charge on any atom is -0.366 e. The van der Waals surface area contributed by atoms with Crippen molar-refractivity contribution in [2.75, 3.05) is 17.8 Å². The van der Waals surface area contributed by atoms with Gasteiger partial charge in [0, 0.05) is 13.1 Å². The lowest BCUT2D eigenvalue weighted by Crippen LogP contribution is -2.42. The van der Waals surface area contributed by atoms with Crippen LogP contribution in [0, 0.1) is 5.92 Å². The standard InChI is InChI=1S/C13H18ClN3O3S/c1-9-3-2-6-17(8-9)21(19,20)16-10-4-5-12(14)11(7-10)13(15)18/h4-5,7,9,16H,2-3,6,8H2,1H3,(H2,15,18). The summed E-state index contributed by atoms with van der Waals surface area (Å²) in [4.78, 5) is 11.2. The van der Waals surface area contributed by atoms with E-state index in [2.05, 4.69) is 4.72 Å². The van der Waals surface area contributed by atoms with Crippen LogP contribution in [-0.4, -0.2) is 31.7 Å². The summed E-state index contributed by atoms with van der Waals surface area (Å²) in [6.45, 7) is 3.01. The van der Waals surface area contributed by atoms with Crippen molar-refractivity contribution in [1.82, 2.24) is 4.31 Å². The zero-order valence-electron chi connectivity index (χ0n) is 11.7. The molecule has 1 aliphatic heterocycles. The summed E-state index contributed by atoms with van der Waals surface area (Å²) in [6.07, 6.45) is 1.87. The van der Waals surface area contributed by atoms with Gasteiger partial charge in [-0.15, -0.1) is 0 Å². The maximum Gasteiger partial charge on any atom is 0.301 e. The van der Waals surface area contributed by atoms with Crippen LogP contribution in [-0.2, 0) is 10.2 Å². The zero-order chi connectivity index (χ0) is 15.6. The van der Waals surface area contributed by atoms with Gasteiger partial charge < -0.3 is 5.73 Å². The maximum atomic E-state index is 12.3. The number of benzene rings is 1. The smallest absolute Gasteiger partial charge is 0.301 e. The molecular weight excluding hydrogens is 314 g/mol. The Bertz CT molecular complexity index is 648. The van der Waals surface area contributed by atoms with Crippen molar-refractivity contribution < 1.29 is 13.2 Å². The summed E-state index contributed by atoms with van der Waals surface area (Å²) < 4.78 is 28.5. The molecule has 1 aromatic rings. The highest BCUT2D eigenvalue weighted by atomic mass is 35.5. The Morgan fingerprint density at radius 3 is 2.81 bits per heavy atom. The number of nitrogens with two attached hydrogens (primary N) is 1. The van der Waals surface area contributed by atoms with Crippen LogP contribution in [0.2, 0.25) is 5.02 Å². The molecule has 0 aromatic heterocycles. The molecule has 1 aliphatic rings. The first-order valence-electron chi connectivity index (χ1n) is 6.67. The van der Waals surface area contributed by atoms with Crippen LogP contribution in [0.25, 0.3) is 0 Å². The van der Waals surface area contributed by atoms with E-state index in [0.29, 0.717) is 19.0 Å². The highest BCUT2D eigenvalue weighted by molar-refractivity contribution is 7.90. The lowest BCUT2D eigenvalue weighted by Gasteiger charge is -2.30. The van der Waals surface area contributed by atoms with Crippen molar-refractivity contribution in [1.29, 1.82) is 0 Å². The van der Waals surface area contributed by atoms with E-state index in [1.807, 2.05) is 6.92 Å². The molecule has 1 amide bonds. The first-order chi connectivity index (χ1) is 9.79. The third kappa shape index (κ3) is 3.87. The second kappa shape index (κ2) is 6.21. The Balaban J connectivity index is 2.20. The predicted molar refractivity (Wildman–Crippen MR) is 82.5 cm³/mol. The van der Waals surface area contributed by atoms with E-state index in [0.717, 1.165) is 12.8 Å². The molecule has 2 rings (SSSR count). The van der Waals surface area contributed by atoms with Crippen LogP contribution >= 0.6 is 11.6 Å². The molecule has 1 atom stereocenters. The molecule has 1 unspecified atom stereocenters. The SMILES string of the molecule is CC1CCCN(S(=O)(=O)Nc2ccc(Cl)c(C(N)=O)c2)C1. The van der Waals surface area contributed by atoms with Gasteiger partial charge in [0.05, 0.1) is 16.3 Å². The molecule has 0 saturated carbocycles. The van der Waals surface area contributed by atoms with Gasteiger partial charge in [0.25, 0.3) is 0 Å². The third-order valence-corrected chi connectivity index (χ3v) is 5.27. The minimum absolute atomic E-state index is 0.0869. The first-order valence-corrected chi connectivity index (χ1v) is 8.48. The average Bonchev–Trinajstić information content (AvgIpc) is 2.40. The molecule has 3 N–H and O–H groups in total. The van der Waals surface area contributed by atoms with Crippen molar-refractivity contribution in [2.24, 2.45) is 11.7 Å². The average molecular weight is 332 g/mol. The number of primary amides is 1. The number of anilines is 1. The van der Waals surface area contributed by atoms with Gasteiger partial charge in [-0.05, 0) is 37.0 Å². The second-order valence-corrected chi connectivity index (χ2v) is 7.35. The molecule has 1 saturated heterocycles. The Kier molecular flexibility index (Phi) is 4.75. The fraction of sp³-hybridized carbons (Fsp3) is 0.462. The zero-order valence-corrected chi connectivity index (χ0v) is 13.2. The fourth-order valence-electron chi connectivity index (χ4n) is 2.36. The minimum atomic E-state index is -3.64. The Hall–Kier alpha value is -1.31. The van der Waals surface area contributed by atoms with E-state index in [1.54, 1.807) is 0 Å². The Morgan fingerprint density at radius 2 is 2.19 bits per heavy atom. The molecule has 0 spiro atoms. The topological polar surface area (TPSA) is 92.5 Å².